The molecule has 2 aromatic rings. The molecule has 0 aromatic heterocycles. The highest BCUT2D eigenvalue weighted by Crippen LogP contribution is 2.19. The van der Waals surface area contributed by atoms with Crippen LogP contribution in [0.5, 0.6) is 0 Å². The number of hydrogen-bond acceptors (Lipinski definition) is 6. The molecule has 1 unspecified atom stereocenters. The first kappa shape index (κ1) is 26.7. The number of hydrogen-bond donors (Lipinski definition) is 3. The van der Waals surface area contributed by atoms with Crippen molar-refractivity contribution in [3.8, 4) is 11.8 Å². The Bertz CT molecular complexity index is 1050. The molecule has 0 saturated heterocycles. The summed E-state index contributed by atoms with van der Waals surface area (Å²) in [5.74, 6) is 4.08. The second-order valence-electron chi connectivity index (χ2n) is 7.78. The molecule has 2 aromatic carbocycles. The molecular weight excluding hydrogens is 436 g/mol. The van der Waals surface area contributed by atoms with Gasteiger partial charge in [0.05, 0.1) is 19.3 Å². The number of rotatable bonds is 9. The zero-order valence-corrected chi connectivity index (χ0v) is 19.8. The molecule has 3 N–H and O–H groups in total. The van der Waals surface area contributed by atoms with E-state index >= 15 is 0 Å². The molecule has 2 rings (SSSR count). The van der Waals surface area contributed by atoms with Crippen molar-refractivity contribution in [3.63, 3.8) is 0 Å². The molecule has 0 bridgehead atoms. The highest BCUT2D eigenvalue weighted by molar-refractivity contribution is 6.14. The average Bonchev–Trinajstić information content (AvgIpc) is 2.88. The maximum atomic E-state index is 12.9. The zero-order chi connectivity index (χ0) is 25.3. The number of likely N-dealkylation sites (N-methyl/N-ethyl adjacent to an activating group) is 2. The van der Waals surface area contributed by atoms with E-state index in [9.17, 15) is 19.5 Å². The maximum absolute atomic E-state index is 12.9. The van der Waals surface area contributed by atoms with Gasteiger partial charge in [-0.2, -0.15) is 0 Å². The summed E-state index contributed by atoms with van der Waals surface area (Å²) in [5, 5.41) is 20.5. The SMILES string of the molecule is CNC(=O)[C@@](C)(C(=O)CO)N(C)C(=O)c1ccc(C#Cc2ccc(C(C)OCCO)cc2)cc1. The molecule has 0 aliphatic carbocycles. The number of aliphatic hydroxyl groups excluding tert-OH is 2. The van der Waals surface area contributed by atoms with E-state index in [0.717, 1.165) is 16.0 Å². The van der Waals surface area contributed by atoms with Gasteiger partial charge in [-0.1, -0.05) is 24.0 Å². The minimum Gasteiger partial charge on any atom is -0.394 e. The van der Waals surface area contributed by atoms with Gasteiger partial charge in [-0.15, -0.1) is 0 Å². The topological polar surface area (TPSA) is 116 Å². The van der Waals surface area contributed by atoms with Crippen LogP contribution in [-0.4, -0.2) is 72.2 Å². The van der Waals surface area contributed by atoms with Gasteiger partial charge in [0.2, 0.25) is 0 Å². The molecule has 0 fully saturated rings. The van der Waals surface area contributed by atoms with E-state index in [1.54, 1.807) is 24.3 Å². The Kier molecular flexibility index (Phi) is 9.51. The van der Waals surface area contributed by atoms with Gasteiger partial charge in [0.25, 0.3) is 11.8 Å². The Morgan fingerprint density at radius 1 is 1.03 bits per heavy atom. The van der Waals surface area contributed by atoms with E-state index in [4.69, 9.17) is 9.84 Å². The quantitative estimate of drug-likeness (QED) is 0.379. The molecule has 180 valence electrons. The van der Waals surface area contributed by atoms with Crippen LogP contribution in [0.3, 0.4) is 0 Å². The number of benzene rings is 2. The van der Waals surface area contributed by atoms with Crippen LogP contribution in [0.15, 0.2) is 48.5 Å². The van der Waals surface area contributed by atoms with Crippen LogP contribution in [0.2, 0.25) is 0 Å². The van der Waals surface area contributed by atoms with Gasteiger partial charge in [-0.05, 0) is 55.8 Å². The van der Waals surface area contributed by atoms with Crippen molar-refractivity contribution in [1.29, 1.82) is 0 Å². The monoisotopic (exact) mass is 466 g/mol. The summed E-state index contributed by atoms with van der Waals surface area (Å²) < 4.78 is 5.48. The van der Waals surface area contributed by atoms with Crippen LogP contribution in [0.4, 0.5) is 0 Å². The van der Waals surface area contributed by atoms with Crippen molar-refractivity contribution in [1.82, 2.24) is 10.2 Å². The lowest BCUT2D eigenvalue weighted by Crippen LogP contribution is -2.62. The molecule has 2 atom stereocenters. The predicted octanol–water partition coefficient (Wildman–Crippen LogP) is 1.29. The molecule has 8 nitrogen and oxygen atoms in total. The molecule has 34 heavy (non-hydrogen) atoms. The summed E-state index contributed by atoms with van der Waals surface area (Å²) in [6.07, 6.45) is -0.129. The van der Waals surface area contributed by atoms with Crippen molar-refractivity contribution in [2.75, 3.05) is 33.9 Å². The number of nitrogens with one attached hydrogen (secondary N) is 1. The molecule has 8 heteroatoms. The number of ether oxygens (including phenoxy) is 1. The summed E-state index contributed by atoms with van der Waals surface area (Å²) in [7, 11) is 2.70. The number of aliphatic hydroxyl groups is 2. The van der Waals surface area contributed by atoms with Crippen LogP contribution >= 0.6 is 0 Å². The van der Waals surface area contributed by atoms with E-state index in [1.165, 1.54) is 21.0 Å². The lowest BCUT2D eigenvalue weighted by atomic mass is 9.92. The van der Waals surface area contributed by atoms with Crippen LogP contribution in [-0.2, 0) is 14.3 Å². The third-order valence-corrected chi connectivity index (χ3v) is 5.65. The first-order valence-electron chi connectivity index (χ1n) is 10.8. The van der Waals surface area contributed by atoms with Gasteiger partial charge in [-0.3, -0.25) is 14.4 Å². The third kappa shape index (κ3) is 6.08. The van der Waals surface area contributed by atoms with Crippen LogP contribution in [0.1, 0.15) is 47.0 Å². The van der Waals surface area contributed by atoms with Gasteiger partial charge in [0.15, 0.2) is 11.3 Å². The fourth-order valence-electron chi connectivity index (χ4n) is 3.26. The van der Waals surface area contributed by atoms with E-state index in [2.05, 4.69) is 17.2 Å². The number of nitrogens with zero attached hydrogens (tertiary/aromatic N) is 1. The zero-order valence-electron chi connectivity index (χ0n) is 19.8. The molecule has 0 aliphatic rings. The van der Waals surface area contributed by atoms with E-state index < -0.39 is 29.7 Å². The van der Waals surface area contributed by atoms with Crippen LogP contribution in [0, 0.1) is 11.8 Å². The summed E-state index contributed by atoms with van der Waals surface area (Å²) >= 11 is 0. The molecule has 0 saturated carbocycles. The van der Waals surface area contributed by atoms with Crippen molar-refractivity contribution >= 4 is 17.6 Å². The van der Waals surface area contributed by atoms with Gasteiger partial charge >= 0.3 is 0 Å². The van der Waals surface area contributed by atoms with Crippen molar-refractivity contribution in [2.24, 2.45) is 0 Å². The Hall–Kier alpha value is -3.51. The summed E-state index contributed by atoms with van der Waals surface area (Å²) in [6.45, 7) is 2.59. The first-order valence-corrected chi connectivity index (χ1v) is 10.8. The van der Waals surface area contributed by atoms with Crippen molar-refractivity contribution in [3.05, 3.63) is 70.8 Å². The van der Waals surface area contributed by atoms with Gasteiger partial charge in [-0.25, -0.2) is 0 Å². The largest absolute Gasteiger partial charge is 0.394 e. The number of amides is 2. The van der Waals surface area contributed by atoms with Gasteiger partial charge < -0.3 is 25.2 Å². The summed E-state index contributed by atoms with van der Waals surface area (Å²) in [4.78, 5) is 38.5. The second-order valence-corrected chi connectivity index (χ2v) is 7.78. The fraction of sp³-hybridized carbons (Fsp3) is 0.346. The van der Waals surface area contributed by atoms with E-state index in [1.807, 2.05) is 31.2 Å². The van der Waals surface area contributed by atoms with Gasteiger partial charge in [0.1, 0.15) is 6.61 Å². The lowest BCUT2D eigenvalue weighted by Gasteiger charge is -2.35. The molecule has 0 spiro atoms. The molecule has 0 aliphatic heterocycles. The maximum Gasteiger partial charge on any atom is 0.254 e. The van der Waals surface area contributed by atoms with E-state index in [0.29, 0.717) is 5.56 Å². The van der Waals surface area contributed by atoms with E-state index in [-0.39, 0.29) is 24.9 Å². The smallest absolute Gasteiger partial charge is 0.254 e. The van der Waals surface area contributed by atoms with Crippen LogP contribution in [0.25, 0.3) is 0 Å². The Morgan fingerprint density at radius 3 is 2.03 bits per heavy atom. The number of carbonyl (C=O) groups excluding carboxylic acids is 3. The Morgan fingerprint density at radius 2 is 1.56 bits per heavy atom. The predicted molar refractivity (Wildman–Crippen MR) is 127 cm³/mol. The Labute approximate surface area is 199 Å². The Balaban J connectivity index is 2.15. The standard InChI is InChI=1S/C26H30N2O6/c1-18(34-16-15-29)21-11-7-19(8-12-21)5-6-20-9-13-22(14-10-20)24(32)28(4)26(2,23(31)17-30)25(33)27-3/h7-14,18,29-30H,15-17H2,1-4H3,(H,27,33)/t18?,26-/m1/s1. The molecular formula is C26H30N2O6. The minimum atomic E-state index is -1.84. The molecule has 2 amide bonds. The normalized spacial score (nSPS) is 13.1. The highest BCUT2D eigenvalue weighted by Gasteiger charge is 2.46. The average molecular weight is 467 g/mol. The number of ketones is 1. The minimum absolute atomic E-state index is 0.0251. The fourth-order valence-corrected chi connectivity index (χ4v) is 3.26. The number of carbonyl (C=O) groups is 3. The van der Waals surface area contributed by atoms with Crippen molar-refractivity contribution < 1.29 is 29.3 Å². The lowest BCUT2D eigenvalue weighted by molar-refractivity contribution is -0.143. The summed E-state index contributed by atoms with van der Waals surface area (Å²) in [6, 6.07) is 14.1. The molecule has 0 radical (unpaired) electrons. The summed E-state index contributed by atoms with van der Waals surface area (Å²) in [5.41, 5.74) is 0.904. The molecule has 0 heterocycles. The highest BCUT2D eigenvalue weighted by atomic mass is 16.5. The number of Topliss-reactive ketones (excluding diaryl/α,β-unsaturated/α-hetero) is 1. The van der Waals surface area contributed by atoms with Gasteiger partial charge in [0, 0.05) is 30.8 Å². The van der Waals surface area contributed by atoms with Crippen molar-refractivity contribution in [2.45, 2.75) is 25.5 Å². The second kappa shape index (κ2) is 12.1. The first-order chi connectivity index (χ1) is 16.2. The third-order valence-electron chi connectivity index (χ3n) is 5.65. The van der Waals surface area contributed by atoms with Crippen LogP contribution < -0.4 is 5.32 Å².